The summed E-state index contributed by atoms with van der Waals surface area (Å²) >= 11 is 0. The van der Waals surface area contributed by atoms with E-state index in [0.29, 0.717) is 11.3 Å². The molecule has 0 aliphatic rings. The van der Waals surface area contributed by atoms with E-state index in [1.165, 1.54) is 35.1 Å². The van der Waals surface area contributed by atoms with Gasteiger partial charge < -0.3 is 10.6 Å². The van der Waals surface area contributed by atoms with Gasteiger partial charge >= 0.3 is 0 Å². The highest BCUT2D eigenvalue weighted by Gasteiger charge is 2.09. The number of aryl methyl sites for hydroxylation is 1. The molecule has 2 aromatic rings. The number of rotatable bonds is 5. The molecular weight excluding hydrogens is 275 g/mol. The van der Waals surface area contributed by atoms with Crippen LogP contribution in [0.3, 0.4) is 0 Å². The van der Waals surface area contributed by atoms with Gasteiger partial charge in [-0.05, 0) is 30.3 Å². The molecule has 0 saturated carbocycles. The van der Waals surface area contributed by atoms with Crippen LogP contribution in [0.5, 0.6) is 0 Å². The number of aromatic nitrogens is 2. The first-order chi connectivity index (χ1) is 10.1. The number of carbonyl (C=O) groups is 2. The molecule has 0 spiro atoms. The number of benzene rings is 1. The lowest BCUT2D eigenvalue weighted by atomic mass is 10.2. The molecule has 0 fully saturated rings. The molecule has 0 aliphatic carbocycles. The van der Waals surface area contributed by atoms with E-state index in [9.17, 15) is 14.0 Å². The van der Waals surface area contributed by atoms with Crippen LogP contribution in [0.1, 0.15) is 20.8 Å². The lowest BCUT2D eigenvalue weighted by molar-refractivity contribution is 0.0922. The molecule has 110 valence electrons. The molecule has 0 aliphatic heterocycles. The van der Waals surface area contributed by atoms with Crippen molar-refractivity contribution in [1.29, 1.82) is 0 Å². The standard InChI is InChI=1S/C14H15FN4O2/c1-19-12(6-7-18-19)14(21)17-9-8-16-13(20)10-2-4-11(15)5-3-10/h2-7H,8-9H2,1H3,(H,16,20)(H,17,21). The lowest BCUT2D eigenvalue weighted by Crippen LogP contribution is -2.35. The fourth-order valence-corrected chi connectivity index (χ4v) is 1.74. The van der Waals surface area contributed by atoms with Gasteiger partial charge in [-0.3, -0.25) is 14.3 Å². The number of hydrogen-bond acceptors (Lipinski definition) is 3. The Morgan fingerprint density at radius 2 is 1.71 bits per heavy atom. The second-order valence-corrected chi connectivity index (χ2v) is 4.36. The third-order valence-electron chi connectivity index (χ3n) is 2.86. The van der Waals surface area contributed by atoms with Gasteiger partial charge in [-0.15, -0.1) is 0 Å². The van der Waals surface area contributed by atoms with Crippen molar-refractivity contribution in [3.05, 3.63) is 53.6 Å². The first kappa shape index (κ1) is 14.7. The van der Waals surface area contributed by atoms with Crippen molar-refractivity contribution in [3.8, 4) is 0 Å². The van der Waals surface area contributed by atoms with Crippen molar-refractivity contribution in [3.63, 3.8) is 0 Å². The maximum atomic E-state index is 12.7. The Bertz CT molecular complexity index is 637. The zero-order chi connectivity index (χ0) is 15.2. The summed E-state index contributed by atoms with van der Waals surface area (Å²) in [4.78, 5) is 23.5. The molecule has 2 amide bonds. The van der Waals surface area contributed by atoms with Gasteiger partial charge in [0.05, 0.1) is 0 Å². The van der Waals surface area contributed by atoms with Crippen molar-refractivity contribution in [2.75, 3.05) is 13.1 Å². The molecule has 1 aromatic heterocycles. The summed E-state index contributed by atoms with van der Waals surface area (Å²) in [5.74, 6) is -0.967. The summed E-state index contributed by atoms with van der Waals surface area (Å²) in [6.07, 6.45) is 1.53. The number of hydrogen-bond donors (Lipinski definition) is 2. The summed E-state index contributed by atoms with van der Waals surface area (Å²) in [6, 6.07) is 6.85. The first-order valence-corrected chi connectivity index (χ1v) is 6.38. The first-order valence-electron chi connectivity index (χ1n) is 6.38. The van der Waals surface area contributed by atoms with Crippen LogP contribution in [0.4, 0.5) is 4.39 Å². The van der Waals surface area contributed by atoms with Crippen molar-refractivity contribution >= 4 is 11.8 Å². The summed E-state index contributed by atoms with van der Waals surface area (Å²) in [7, 11) is 1.67. The predicted octanol–water partition coefficient (Wildman–Crippen LogP) is 0.719. The topological polar surface area (TPSA) is 76.0 Å². The van der Waals surface area contributed by atoms with Crippen molar-refractivity contribution < 1.29 is 14.0 Å². The molecule has 0 bridgehead atoms. The highest BCUT2D eigenvalue weighted by molar-refractivity contribution is 5.94. The second kappa shape index (κ2) is 6.65. The smallest absolute Gasteiger partial charge is 0.269 e. The Labute approximate surface area is 121 Å². The summed E-state index contributed by atoms with van der Waals surface area (Å²) < 4.78 is 14.2. The maximum Gasteiger partial charge on any atom is 0.269 e. The number of nitrogens with zero attached hydrogens (tertiary/aromatic N) is 2. The average molecular weight is 290 g/mol. The monoisotopic (exact) mass is 290 g/mol. The molecule has 7 heteroatoms. The summed E-state index contributed by atoms with van der Waals surface area (Å²) in [5.41, 5.74) is 0.814. The van der Waals surface area contributed by atoms with Gasteiger partial charge in [-0.25, -0.2) is 4.39 Å². The molecule has 2 N–H and O–H groups in total. The molecular formula is C14H15FN4O2. The fourth-order valence-electron chi connectivity index (χ4n) is 1.74. The number of carbonyl (C=O) groups excluding carboxylic acids is 2. The number of halogens is 1. The Kier molecular flexibility index (Phi) is 4.65. The van der Waals surface area contributed by atoms with Gasteiger partial charge in [0.25, 0.3) is 11.8 Å². The molecule has 0 atom stereocenters. The third-order valence-corrected chi connectivity index (χ3v) is 2.86. The Morgan fingerprint density at radius 1 is 1.10 bits per heavy atom. The third kappa shape index (κ3) is 3.88. The highest BCUT2D eigenvalue weighted by Crippen LogP contribution is 2.02. The molecule has 21 heavy (non-hydrogen) atoms. The Morgan fingerprint density at radius 3 is 2.29 bits per heavy atom. The Hall–Kier alpha value is -2.70. The van der Waals surface area contributed by atoms with E-state index >= 15 is 0 Å². The summed E-state index contributed by atoms with van der Waals surface area (Å²) in [5, 5.41) is 9.20. The molecule has 2 rings (SSSR count). The van der Waals surface area contributed by atoms with Crippen LogP contribution in [-0.4, -0.2) is 34.7 Å². The van der Waals surface area contributed by atoms with Crippen LogP contribution in [0.2, 0.25) is 0 Å². The minimum absolute atomic E-state index is 0.258. The van der Waals surface area contributed by atoms with Crippen LogP contribution < -0.4 is 10.6 Å². The van der Waals surface area contributed by atoms with E-state index in [4.69, 9.17) is 0 Å². The van der Waals surface area contributed by atoms with Crippen LogP contribution in [-0.2, 0) is 7.05 Å². The van der Waals surface area contributed by atoms with E-state index in [1.807, 2.05) is 0 Å². The number of nitrogens with one attached hydrogen (secondary N) is 2. The molecule has 6 nitrogen and oxygen atoms in total. The minimum Gasteiger partial charge on any atom is -0.350 e. The van der Waals surface area contributed by atoms with Gasteiger partial charge in [0.1, 0.15) is 11.5 Å². The van der Waals surface area contributed by atoms with E-state index in [1.54, 1.807) is 13.1 Å². The van der Waals surface area contributed by atoms with Crippen LogP contribution in [0.25, 0.3) is 0 Å². The average Bonchev–Trinajstić information content (AvgIpc) is 2.90. The maximum absolute atomic E-state index is 12.7. The van der Waals surface area contributed by atoms with E-state index in [-0.39, 0.29) is 24.9 Å². The molecule has 0 saturated heterocycles. The van der Waals surface area contributed by atoms with E-state index in [2.05, 4.69) is 15.7 Å². The SMILES string of the molecule is Cn1nccc1C(=O)NCCNC(=O)c1ccc(F)cc1. The van der Waals surface area contributed by atoms with Crippen LogP contribution in [0.15, 0.2) is 36.5 Å². The molecule has 1 heterocycles. The minimum atomic E-state index is -0.394. The van der Waals surface area contributed by atoms with E-state index in [0.717, 1.165) is 0 Å². The second-order valence-electron chi connectivity index (χ2n) is 4.36. The van der Waals surface area contributed by atoms with Crippen LogP contribution in [0, 0.1) is 5.82 Å². The summed E-state index contributed by atoms with van der Waals surface area (Å²) in [6.45, 7) is 0.566. The van der Waals surface area contributed by atoms with Gasteiger partial charge in [0.2, 0.25) is 0 Å². The molecule has 1 aromatic carbocycles. The van der Waals surface area contributed by atoms with Gasteiger partial charge in [0, 0.05) is 31.9 Å². The largest absolute Gasteiger partial charge is 0.350 e. The van der Waals surface area contributed by atoms with Gasteiger partial charge in [0.15, 0.2) is 0 Å². The fraction of sp³-hybridized carbons (Fsp3) is 0.214. The molecule has 0 unspecified atom stereocenters. The zero-order valence-electron chi connectivity index (χ0n) is 11.5. The normalized spacial score (nSPS) is 10.2. The number of amides is 2. The van der Waals surface area contributed by atoms with Crippen molar-refractivity contribution in [1.82, 2.24) is 20.4 Å². The van der Waals surface area contributed by atoms with E-state index < -0.39 is 5.82 Å². The van der Waals surface area contributed by atoms with Crippen molar-refractivity contribution in [2.45, 2.75) is 0 Å². The van der Waals surface area contributed by atoms with Gasteiger partial charge in [-0.1, -0.05) is 0 Å². The van der Waals surface area contributed by atoms with Crippen molar-refractivity contribution in [2.24, 2.45) is 7.05 Å². The predicted molar refractivity (Wildman–Crippen MR) is 74.3 cm³/mol. The highest BCUT2D eigenvalue weighted by atomic mass is 19.1. The zero-order valence-corrected chi connectivity index (χ0v) is 11.5. The van der Waals surface area contributed by atoms with Crippen LogP contribution >= 0.6 is 0 Å². The lowest BCUT2D eigenvalue weighted by Gasteiger charge is -2.07. The Balaban J connectivity index is 1.75. The van der Waals surface area contributed by atoms with Gasteiger partial charge in [-0.2, -0.15) is 5.10 Å². The quantitative estimate of drug-likeness (QED) is 0.797. The molecule has 0 radical (unpaired) electrons.